The van der Waals surface area contributed by atoms with Crippen molar-refractivity contribution in [3.8, 4) is 0 Å². The monoisotopic (exact) mass is 283 g/mol. The maximum absolute atomic E-state index is 11.8. The first-order valence-electron chi connectivity index (χ1n) is 6.70. The van der Waals surface area contributed by atoms with Gasteiger partial charge in [-0.05, 0) is 34.4 Å². The van der Waals surface area contributed by atoms with Crippen molar-refractivity contribution >= 4 is 11.8 Å². The Hall–Kier alpha value is -1.60. The van der Waals surface area contributed by atoms with Gasteiger partial charge in [-0.1, -0.05) is 0 Å². The number of urea groups is 1. The molecule has 1 heterocycles. The molecule has 114 valence electrons. The van der Waals surface area contributed by atoms with Crippen molar-refractivity contribution in [2.24, 2.45) is 0 Å². The Bertz CT molecular complexity index is 428. The Balaban J connectivity index is 2.46. The highest BCUT2D eigenvalue weighted by Crippen LogP contribution is 2.08. The maximum atomic E-state index is 11.8. The van der Waals surface area contributed by atoms with Crippen molar-refractivity contribution in [3.05, 3.63) is 12.3 Å². The van der Waals surface area contributed by atoms with Crippen molar-refractivity contribution < 1.29 is 9.90 Å². The van der Waals surface area contributed by atoms with E-state index < -0.39 is 5.54 Å². The molecule has 0 bridgehead atoms. The summed E-state index contributed by atoms with van der Waals surface area (Å²) in [6.45, 7) is 5.41. The molecule has 3 N–H and O–H groups in total. The van der Waals surface area contributed by atoms with Crippen LogP contribution in [0.5, 0.6) is 0 Å². The summed E-state index contributed by atoms with van der Waals surface area (Å²) >= 11 is 0. The Labute approximate surface area is 120 Å². The zero-order chi connectivity index (χ0) is 15.2. The molecule has 1 aromatic rings. The number of aliphatic hydroxyl groups excluding tert-OH is 1. The Morgan fingerprint density at radius 2 is 2.20 bits per heavy atom. The Kier molecular flexibility index (Phi) is 5.97. The third-order valence-electron chi connectivity index (χ3n) is 2.85. The van der Waals surface area contributed by atoms with E-state index in [0.29, 0.717) is 12.2 Å². The van der Waals surface area contributed by atoms with Crippen LogP contribution in [0.15, 0.2) is 12.3 Å². The lowest BCUT2D eigenvalue weighted by molar-refractivity contribution is 0.218. The van der Waals surface area contributed by atoms with E-state index in [1.165, 1.54) is 0 Å². The number of rotatable bonds is 7. The highest BCUT2D eigenvalue weighted by atomic mass is 16.3. The van der Waals surface area contributed by atoms with E-state index in [0.717, 1.165) is 13.1 Å². The molecule has 0 unspecified atom stereocenters. The average molecular weight is 283 g/mol. The maximum Gasteiger partial charge on any atom is 0.320 e. The number of aliphatic hydroxyl groups is 1. The van der Waals surface area contributed by atoms with E-state index in [4.69, 9.17) is 5.11 Å². The molecule has 7 heteroatoms. The molecule has 20 heavy (non-hydrogen) atoms. The van der Waals surface area contributed by atoms with Crippen molar-refractivity contribution in [1.82, 2.24) is 20.0 Å². The summed E-state index contributed by atoms with van der Waals surface area (Å²) in [6.07, 6.45) is 2.33. The normalized spacial score (nSPS) is 11.7. The minimum atomic E-state index is -0.452. The number of carbonyl (C=O) groups is 1. The van der Waals surface area contributed by atoms with Crippen molar-refractivity contribution in [3.63, 3.8) is 0 Å². The van der Waals surface area contributed by atoms with E-state index in [2.05, 4.69) is 20.6 Å². The number of likely N-dealkylation sites (N-methyl/N-ethyl adjacent to an activating group) is 1. The standard InChI is InChI=1S/C13H25N5O2/c1-13(2,6-10-19)15-12(20)14-11-5-7-18(16-11)9-8-17(3)4/h5,7,19H,6,8-10H2,1-4H3,(H2,14,15,16,20). The minimum Gasteiger partial charge on any atom is -0.396 e. The first kappa shape index (κ1) is 16.5. The second-order valence-corrected chi connectivity index (χ2v) is 5.70. The van der Waals surface area contributed by atoms with Crippen LogP contribution in [0.3, 0.4) is 0 Å². The summed E-state index contributed by atoms with van der Waals surface area (Å²) in [4.78, 5) is 13.9. The van der Waals surface area contributed by atoms with Gasteiger partial charge >= 0.3 is 6.03 Å². The van der Waals surface area contributed by atoms with E-state index in [1.54, 1.807) is 10.7 Å². The van der Waals surface area contributed by atoms with Gasteiger partial charge in [0.2, 0.25) is 0 Å². The number of carbonyl (C=O) groups excluding carboxylic acids is 1. The third-order valence-corrected chi connectivity index (χ3v) is 2.85. The minimum absolute atomic E-state index is 0.0342. The molecule has 1 rings (SSSR count). The summed E-state index contributed by atoms with van der Waals surface area (Å²) < 4.78 is 1.79. The molecule has 0 radical (unpaired) electrons. The predicted molar refractivity (Wildman–Crippen MR) is 78.7 cm³/mol. The molecule has 0 saturated carbocycles. The molecule has 0 aliphatic carbocycles. The van der Waals surface area contributed by atoms with Crippen LogP contribution in [0.25, 0.3) is 0 Å². The first-order chi connectivity index (χ1) is 9.32. The zero-order valence-corrected chi connectivity index (χ0v) is 12.7. The number of nitrogens with one attached hydrogen (secondary N) is 2. The topological polar surface area (TPSA) is 82.4 Å². The lowest BCUT2D eigenvalue weighted by atomic mass is 10.0. The Morgan fingerprint density at radius 3 is 2.80 bits per heavy atom. The third kappa shape index (κ3) is 6.03. The summed E-state index contributed by atoms with van der Waals surface area (Å²) in [5.41, 5.74) is -0.452. The van der Waals surface area contributed by atoms with Gasteiger partial charge in [0.1, 0.15) is 0 Å². The van der Waals surface area contributed by atoms with Gasteiger partial charge in [-0.3, -0.25) is 10.00 Å². The molecular weight excluding hydrogens is 258 g/mol. The molecule has 1 aromatic heterocycles. The van der Waals surface area contributed by atoms with Gasteiger partial charge in [-0.25, -0.2) is 4.79 Å². The molecule has 0 aliphatic rings. The molecule has 0 aliphatic heterocycles. The molecular formula is C13H25N5O2. The summed E-state index contributed by atoms with van der Waals surface area (Å²) in [5, 5.41) is 18.7. The van der Waals surface area contributed by atoms with E-state index in [-0.39, 0.29) is 12.6 Å². The molecule has 0 saturated heterocycles. The molecule has 7 nitrogen and oxygen atoms in total. The number of anilines is 1. The lowest BCUT2D eigenvalue weighted by Gasteiger charge is -2.25. The predicted octanol–water partition coefficient (Wildman–Crippen LogP) is 0.727. The van der Waals surface area contributed by atoms with Crippen LogP contribution in [0.2, 0.25) is 0 Å². The number of aromatic nitrogens is 2. The molecule has 0 spiro atoms. The van der Waals surface area contributed by atoms with Gasteiger partial charge in [0.05, 0.1) is 6.54 Å². The zero-order valence-electron chi connectivity index (χ0n) is 12.7. The van der Waals surface area contributed by atoms with Crippen molar-refractivity contribution in [1.29, 1.82) is 0 Å². The van der Waals surface area contributed by atoms with Crippen LogP contribution in [0.1, 0.15) is 20.3 Å². The number of amides is 2. The van der Waals surface area contributed by atoms with Gasteiger partial charge in [-0.2, -0.15) is 5.10 Å². The smallest absolute Gasteiger partial charge is 0.320 e. The molecule has 0 fully saturated rings. The number of hydrogen-bond donors (Lipinski definition) is 3. The fourth-order valence-corrected chi connectivity index (χ4v) is 1.65. The summed E-state index contributed by atoms with van der Waals surface area (Å²) in [6, 6.07) is 1.44. The van der Waals surface area contributed by atoms with Crippen LogP contribution in [-0.2, 0) is 6.54 Å². The lowest BCUT2D eigenvalue weighted by Crippen LogP contribution is -2.46. The van der Waals surface area contributed by atoms with Gasteiger partial charge in [-0.15, -0.1) is 0 Å². The van der Waals surface area contributed by atoms with E-state index >= 15 is 0 Å². The van der Waals surface area contributed by atoms with Crippen molar-refractivity contribution in [2.75, 3.05) is 32.6 Å². The van der Waals surface area contributed by atoms with E-state index in [1.807, 2.05) is 34.1 Å². The van der Waals surface area contributed by atoms with Crippen LogP contribution < -0.4 is 10.6 Å². The summed E-state index contributed by atoms with van der Waals surface area (Å²) in [7, 11) is 4.00. The van der Waals surface area contributed by atoms with Crippen LogP contribution >= 0.6 is 0 Å². The van der Waals surface area contributed by atoms with Crippen molar-refractivity contribution in [2.45, 2.75) is 32.4 Å². The van der Waals surface area contributed by atoms with Gasteiger partial charge in [0, 0.05) is 31.0 Å². The molecule has 0 aromatic carbocycles. The average Bonchev–Trinajstić information content (AvgIpc) is 2.72. The van der Waals surface area contributed by atoms with Gasteiger partial charge in [0.15, 0.2) is 5.82 Å². The van der Waals surface area contributed by atoms with Crippen LogP contribution in [0.4, 0.5) is 10.6 Å². The first-order valence-corrected chi connectivity index (χ1v) is 6.70. The number of hydrogen-bond acceptors (Lipinski definition) is 4. The molecule has 2 amide bonds. The second kappa shape index (κ2) is 7.25. The number of nitrogens with zero attached hydrogens (tertiary/aromatic N) is 3. The highest BCUT2D eigenvalue weighted by Gasteiger charge is 2.19. The SMILES string of the molecule is CN(C)CCn1ccc(NC(=O)NC(C)(C)CCO)n1. The Morgan fingerprint density at radius 1 is 1.50 bits per heavy atom. The quantitative estimate of drug-likeness (QED) is 0.689. The van der Waals surface area contributed by atoms with Gasteiger partial charge < -0.3 is 15.3 Å². The highest BCUT2D eigenvalue weighted by molar-refractivity contribution is 5.88. The van der Waals surface area contributed by atoms with Crippen LogP contribution in [-0.4, -0.2) is 58.6 Å². The fourth-order valence-electron chi connectivity index (χ4n) is 1.65. The largest absolute Gasteiger partial charge is 0.396 e. The summed E-state index contributed by atoms with van der Waals surface area (Å²) in [5.74, 6) is 0.515. The second-order valence-electron chi connectivity index (χ2n) is 5.70. The van der Waals surface area contributed by atoms with Crippen LogP contribution in [0, 0.1) is 0 Å². The fraction of sp³-hybridized carbons (Fsp3) is 0.692. The van der Waals surface area contributed by atoms with E-state index in [9.17, 15) is 4.79 Å². The molecule has 0 atom stereocenters. The van der Waals surface area contributed by atoms with Gasteiger partial charge in [0.25, 0.3) is 0 Å².